The van der Waals surface area contributed by atoms with Gasteiger partial charge < -0.3 is 0 Å². The first-order valence-electron chi connectivity index (χ1n) is 3.07. The Kier molecular flexibility index (Phi) is 1.79. The maximum absolute atomic E-state index is 5.50. The molecule has 52 valence electrons. The molecule has 6 nitrogen and oxygen atoms in total. The Bertz CT molecular complexity index is 394. The summed E-state index contributed by atoms with van der Waals surface area (Å²) in [5.41, 5.74) is 5.50. The van der Waals surface area contributed by atoms with Crippen LogP contribution in [0, 0.1) is 42.8 Å². The zero-order chi connectivity index (χ0) is 7.84. The molecule has 2 aromatic heterocycles. The SMILES string of the molecule is Nc1ncnc2n[c]([RaH])nn12. The number of aromatic nitrogens is 5. The third-order valence-corrected chi connectivity index (χ3v) is 3.02. The van der Waals surface area contributed by atoms with E-state index in [-0.39, 0.29) is 42.8 Å². The third kappa shape index (κ3) is 1.24. The van der Waals surface area contributed by atoms with E-state index < -0.39 is 0 Å². The Hall–Kier alpha value is -0.252. The van der Waals surface area contributed by atoms with Crippen LogP contribution in [0.1, 0.15) is 0 Å². The van der Waals surface area contributed by atoms with Crippen molar-refractivity contribution in [3.8, 4) is 0 Å². The van der Waals surface area contributed by atoms with E-state index in [1.54, 1.807) is 0 Å². The fraction of sp³-hybridized carbons (Fsp3) is 0. The van der Waals surface area contributed by atoms with Gasteiger partial charge in [-0.05, 0) is 0 Å². The monoisotopic (exact) mass is 362 g/mol. The number of nitrogen functional groups attached to an aromatic ring is 1. The topological polar surface area (TPSA) is 82.0 Å². The molecule has 0 spiro atoms. The molecule has 7 heteroatoms. The van der Waals surface area contributed by atoms with E-state index in [9.17, 15) is 0 Å². The van der Waals surface area contributed by atoms with Crippen LogP contribution in [0.15, 0.2) is 6.33 Å². The average Bonchev–Trinajstić information content (AvgIpc) is 2.31. The number of nitrogens with two attached hydrogens (primary N) is 1. The van der Waals surface area contributed by atoms with Crippen LogP contribution in [0.3, 0.4) is 0 Å². The fourth-order valence-corrected chi connectivity index (χ4v) is 2.48. The molecule has 2 aromatic rings. The minimum absolute atomic E-state index is 0.155. The summed E-state index contributed by atoms with van der Waals surface area (Å²) in [6.07, 6.45) is 1.39. The molecule has 0 aromatic carbocycles. The molecule has 2 rings (SSSR count). The molecule has 0 saturated carbocycles. The van der Waals surface area contributed by atoms with Crippen molar-refractivity contribution in [2.75, 3.05) is 5.73 Å². The number of rotatable bonds is 0. The summed E-state index contributed by atoms with van der Waals surface area (Å²) in [6.45, 7) is 0. The first-order chi connectivity index (χ1) is 5.27. The van der Waals surface area contributed by atoms with Gasteiger partial charge in [0.25, 0.3) is 0 Å². The van der Waals surface area contributed by atoms with Crippen molar-refractivity contribution in [3.63, 3.8) is 0 Å². The summed E-state index contributed by atoms with van der Waals surface area (Å²) in [6, 6.07) is 0. The molecule has 0 aliphatic rings. The maximum atomic E-state index is 5.50. The van der Waals surface area contributed by atoms with Gasteiger partial charge in [-0.2, -0.15) is 0 Å². The number of hydrogen-bond acceptors (Lipinski definition) is 5. The number of nitrogens with zero attached hydrogens (tertiary/aromatic N) is 5. The van der Waals surface area contributed by atoms with Gasteiger partial charge in [0.1, 0.15) is 0 Å². The van der Waals surface area contributed by atoms with Gasteiger partial charge in [0.15, 0.2) is 0 Å². The van der Waals surface area contributed by atoms with Gasteiger partial charge in [-0.3, -0.25) is 0 Å². The molecule has 0 unspecified atom stereocenters. The van der Waals surface area contributed by atoms with E-state index >= 15 is 0 Å². The van der Waals surface area contributed by atoms with Crippen LogP contribution < -0.4 is 6.60 Å². The van der Waals surface area contributed by atoms with Crippen molar-refractivity contribution < 1.29 is 42.8 Å². The summed E-state index contributed by atoms with van der Waals surface area (Å²) in [7, 11) is 0. The van der Waals surface area contributed by atoms with Gasteiger partial charge in [-0.15, -0.1) is 0 Å². The predicted molar refractivity (Wildman–Crippen MR) is 34.0 cm³/mol. The van der Waals surface area contributed by atoms with Crippen LogP contribution >= 0.6 is 0 Å². The molecular weight excluding hydrogens is 358 g/mol. The second-order valence-electron chi connectivity index (χ2n) is 2.10. The van der Waals surface area contributed by atoms with E-state index in [1.165, 1.54) is 10.8 Å². The van der Waals surface area contributed by atoms with Crippen molar-refractivity contribution in [1.29, 1.82) is 0 Å². The molecule has 0 bridgehead atoms. The third-order valence-electron chi connectivity index (χ3n) is 1.28. The zero-order valence-electron chi connectivity index (χ0n) is 5.89. The first-order valence-corrected chi connectivity index (χ1v) is 7.18. The van der Waals surface area contributed by atoms with Gasteiger partial charge in [0.05, 0.1) is 0 Å². The molecule has 0 saturated heterocycles. The van der Waals surface area contributed by atoms with Crippen LogP contribution in [-0.4, -0.2) is 24.6 Å². The normalized spacial score (nSPS) is 10.5. The van der Waals surface area contributed by atoms with E-state index in [2.05, 4.69) is 20.1 Å². The van der Waals surface area contributed by atoms with Crippen molar-refractivity contribution in [3.05, 3.63) is 6.33 Å². The Labute approximate surface area is 91.0 Å². The molecule has 2 N–H and O–H groups in total. The summed E-state index contributed by atoms with van der Waals surface area (Å²) in [5, 5.41) is 4.07. The minimum atomic E-state index is 0.155. The second-order valence-corrected chi connectivity index (χ2v) is 5.78. The predicted octanol–water partition coefficient (Wildman–Crippen LogP) is -1.99. The first kappa shape index (κ1) is 7.40. The van der Waals surface area contributed by atoms with Crippen molar-refractivity contribution in [2.45, 2.75) is 0 Å². The van der Waals surface area contributed by atoms with Crippen molar-refractivity contribution >= 4 is 12.6 Å². The number of hydrogen-bond donors (Lipinski definition) is 1. The number of anilines is 1. The molecule has 0 aliphatic carbocycles. The molecule has 0 aliphatic heterocycles. The van der Waals surface area contributed by atoms with Crippen LogP contribution in [0.5, 0.6) is 0 Å². The van der Waals surface area contributed by atoms with E-state index in [0.29, 0.717) is 11.7 Å². The van der Waals surface area contributed by atoms with Gasteiger partial charge in [-0.25, -0.2) is 0 Å². The quantitative estimate of drug-likeness (QED) is 0.587. The average molecular weight is 362 g/mol. The zero-order valence-corrected chi connectivity index (χ0v) is 14.1. The van der Waals surface area contributed by atoms with E-state index in [4.69, 9.17) is 5.73 Å². The Morgan fingerprint density at radius 2 is 2.27 bits per heavy atom. The molecule has 0 atom stereocenters. The fourth-order valence-electron chi connectivity index (χ4n) is 0.835. The summed E-state index contributed by atoms with van der Waals surface area (Å²) >= 11 is 0.155. The van der Waals surface area contributed by atoms with Crippen LogP contribution in [-0.2, 0) is 0 Å². The van der Waals surface area contributed by atoms with Crippen LogP contribution in [0.2, 0.25) is 0 Å². The van der Waals surface area contributed by atoms with Gasteiger partial charge in [0.2, 0.25) is 0 Å². The molecule has 0 radical (unpaired) electrons. The van der Waals surface area contributed by atoms with E-state index in [1.807, 2.05) is 0 Å². The molecule has 0 fully saturated rings. The Balaban J connectivity index is 2.90. The van der Waals surface area contributed by atoms with Crippen molar-refractivity contribution in [1.82, 2.24) is 24.6 Å². The Morgan fingerprint density at radius 3 is 3.00 bits per heavy atom. The van der Waals surface area contributed by atoms with Gasteiger partial charge >= 0.3 is 92.0 Å². The Morgan fingerprint density at radius 1 is 1.45 bits per heavy atom. The molecule has 11 heavy (non-hydrogen) atoms. The van der Waals surface area contributed by atoms with Gasteiger partial charge in [-0.1, -0.05) is 0 Å². The molecular formula is C4H4N6Ra. The van der Waals surface area contributed by atoms with Gasteiger partial charge in [0, 0.05) is 0 Å². The standard InChI is InChI=1S/C4H3N6.Ra.H/c5-3-6-1-7-4-8-2-9-10(3)4;;/h1H,(H2,5,6,7,8,9);;. The van der Waals surface area contributed by atoms with E-state index in [0.717, 1.165) is 0.865 Å². The summed E-state index contributed by atoms with van der Waals surface area (Å²) in [5.74, 6) is 0.877. The molecule has 2 heterocycles. The van der Waals surface area contributed by atoms with Crippen LogP contribution in [0.4, 0.5) is 5.95 Å². The van der Waals surface area contributed by atoms with Crippen molar-refractivity contribution in [2.24, 2.45) is 0 Å². The molecule has 0 amide bonds. The van der Waals surface area contributed by atoms with Crippen LogP contribution in [0.25, 0.3) is 5.78 Å². The number of fused-ring (bicyclic) bond motifs is 1. The summed E-state index contributed by atoms with van der Waals surface area (Å²) < 4.78 is 2.32. The second kappa shape index (κ2) is 2.66. The summed E-state index contributed by atoms with van der Waals surface area (Å²) in [4.78, 5) is 11.8.